The summed E-state index contributed by atoms with van der Waals surface area (Å²) >= 11 is 0. The molecule has 4 aliphatic rings. The van der Waals surface area contributed by atoms with Gasteiger partial charge in [0.25, 0.3) is 0 Å². The number of hydrogen-bond acceptors (Lipinski definition) is 3. The molecule has 0 bridgehead atoms. The number of rotatable bonds is 18. The smallest absolute Gasteiger partial charge is 0.220 e. The maximum absolute atomic E-state index is 12.6. The molecule has 4 fully saturated rings. The molecule has 244 valence electrons. The van der Waals surface area contributed by atoms with Gasteiger partial charge in [0.05, 0.1) is 6.10 Å². The number of amides is 1. The first-order chi connectivity index (χ1) is 20.3. The summed E-state index contributed by atoms with van der Waals surface area (Å²) in [5, 5.41) is 3.20. The maximum Gasteiger partial charge on any atom is 0.220 e. The van der Waals surface area contributed by atoms with Gasteiger partial charge in [0.1, 0.15) is 0 Å². The van der Waals surface area contributed by atoms with Crippen LogP contribution in [0.4, 0.5) is 0 Å². The van der Waals surface area contributed by atoms with Crippen LogP contribution in [0.25, 0.3) is 0 Å². The SMILES string of the molecule is CCCCCCCO[C@@H]1CC[C@@]2(C)[C@H](CC[C@@H]3[C@@H]2CC[C@]2(C)[C@@H]([C@H](C)CCC(=O)NCCCCCCCN)CC[C@@H]32)C1. The number of unbranched alkanes of at least 4 members (excludes halogenated alkanes) is 8. The summed E-state index contributed by atoms with van der Waals surface area (Å²) in [6.07, 6.45) is 27.5. The second-order valence-electron chi connectivity index (χ2n) is 16.0. The molecule has 0 aromatic rings. The number of carbonyl (C=O) groups is 1. The second kappa shape index (κ2) is 16.6. The van der Waals surface area contributed by atoms with Crippen molar-refractivity contribution < 1.29 is 9.53 Å². The highest BCUT2D eigenvalue weighted by Gasteiger charge is 2.60. The minimum Gasteiger partial charge on any atom is -0.378 e. The van der Waals surface area contributed by atoms with E-state index in [-0.39, 0.29) is 5.91 Å². The highest BCUT2D eigenvalue weighted by Crippen LogP contribution is 2.68. The topological polar surface area (TPSA) is 64.3 Å². The predicted octanol–water partition coefficient (Wildman–Crippen LogP) is 9.44. The van der Waals surface area contributed by atoms with Crippen molar-refractivity contribution in [1.82, 2.24) is 5.32 Å². The molecule has 0 radical (unpaired) electrons. The lowest BCUT2D eigenvalue weighted by Gasteiger charge is -2.61. The van der Waals surface area contributed by atoms with Crippen LogP contribution < -0.4 is 11.1 Å². The van der Waals surface area contributed by atoms with Gasteiger partial charge in [0.2, 0.25) is 5.91 Å². The van der Waals surface area contributed by atoms with Gasteiger partial charge in [-0.25, -0.2) is 0 Å². The molecule has 0 aromatic carbocycles. The van der Waals surface area contributed by atoms with Gasteiger partial charge < -0.3 is 15.8 Å². The van der Waals surface area contributed by atoms with Gasteiger partial charge in [-0.05, 0) is 136 Å². The zero-order chi connectivity index (χ0) is 30.0. The molecule has 4 nitrogen and oxygen atoms in total. The fraction of sp³-hybridized carbons (Fsp3) is 0.974. The van der Waals surface area contributed by atoms with Crippen molar-refractivity contribution in [3.8, 4) is 0 Å². The van der Waals surface area contributed by atoms with Crippen molar-refractivity contribution >= 4 is 5.91 Å². The third-order valence-electron chi connectivity index (χ3n) is 13.5. The fourth-order valence-electron chi connectivity index (χ4n) is 11.0. The first-order valence-electron chi connectivity index (χ1n) is 18.9. The van der Waals surface area contributed by atoms with Crippen LogP contribution >= 0.6 is 0 Å². The van der Waals surface area contributed by atoms with Gasteiger partial charge in [-0.3, -0.25) is 4.79 Å². The summed E-state index contributed by atoms with van der Waals surface area (Å²) < 4.78 is 6.47. The molecule has 9 atom stereocenters. The lowest BCUT2D eigenvalue weighted by molar-refractivity contribution is -0.137. The Morgan fingerprint density at radius 3 is 2.38 bits per heavy atom. The summed E-state index contributed by atoms with van der Waals surface area (Å²) in [6.45, 7) is 12.8. The van der Waals surface area contributed by atoms with Gasteiger partial charge >= 0.3 is 0 Å². The minimum absolute atomic E-state index is 0.273. The van der Waals surface area contributed by atoms with E-state index in [0.717, 1.165) is 68.5 Å². The molecule has 4 rings (SSSR count). The lowest BCUT2D eigenvalue weighted by Crippen LogP contribution is -2.54. The van der Waals surface area contributed by atoms with Crippen LogP contribution in [0, 0.1) is 46.3 Å². The lowest BCUT2D eigenvalue weighted by atomic mass is 9.44. The molecule has 0 aromatic heterocycles. The van der Waals surface area contributed by atoms with E-state index in [4.69, 9.17) is 10.5 Å². The van der Waals surface area contributed by atoms with E-state index in [0.29, 0.717) is 29.3 Å². The average molecular weight is 587 g/mol. The van der Waals surface area contributed by atoms with E-state index in [1.165, 1.54) is 109 Å². The first kappa shape index (κ1) is 34.3. The quantitative estimate of drug-likeness (QED) is 0.157. The summed E-state index contributed by atoms with van der Waals surface area (Å²) in [6, 6.07) is 0. The Morgan fingerprint density at radius 2 is 1.57 bits per heavy atom. The van der Waals surface area contributed by atoms with Crippen LogP contribution in [0.1, 0.15) is 163 Å². The van der Waals surface area contributed by atoms with Crippen LogP contribution in [-0.4, -0.2) is 31.7 Å². The highest BCUT2D eigenvalue weighted by atomic mass is 16.5. The molecule has 42 heavy (non-hydrogen) atoms. The van der Waals surface area contributed by atoms with Gasteiger partial charge in [-0.1, -0.05) is 72.6 Å². The van der Waals surface area contributed by atoms with Crippen LogP contribution in [0.2, 0.25) is 0 Å². The van der Waals surface area contributed by atoms with Crippen LogP contribution in [0.3, 0.4) is 0 Å². The Bertz CT molecular complexity index is 802. The van der Waals surface area contributed by atoms with Crippen molar-refractivity contribution in [1.29, 1.82) is 0 Å². The van der Waals surface area contributed by atoms with Crippen LogP contribution in [0.15, 0.2) is 0 Å². The molecular formula is C38H70N2O2. The Balaban J connectivity index is 1.21. The van der Waals surface area contributed by atoms with Crippen molar-refractivity contribution in [3.63, 3.8) is 0 Å². The molecule has 0 spiro atoms. The van der Waals surface area contributed by atoms with Crippen LogP contribution in [-0.2, 0) is 9.53 Å². The van der Waals surface area contributed by atoms with Gasteiger partial charge in [0.15, 0.2) is 0 Å². The number of nitrogens with two attached hydrogens (primary N) is 1. The first-order valence-corrected chi connectivity index (χ1v) is 18.9. The number of nitrogens with one attached hydrogen (secondary N) is 1. The molecule has 3 N–H and O–H groups in total. The monoisotopic (exact) mass is 587 g/mol. The number of ether oxygens (including phenoxy) is 1. The number of hydrogen-bond donors (Lipinski definition) is 2. The normalized spacial score (nSPS) is 36.6. The van der Waals surface area contributed by atoms with E-state index in [9.17, 15) is 4.79 Å². The number of carbonyl (C=O) groups excluding carboxylic acids is 1. The Kier molecular flexibility index (Phi) is 13.6. The zero-order valence-corrected chi connectivity index (χ0v) is 28.4. The third kappa shape index (κ3) is 8.35. The summed E-state index contributed by atoms with van der Waals surface area (Å²) in [5.74, 6) is 5.38. The molecule has 1 amide bonds. The van der Waals surface area contributed by atoms with E-state index >= 15 is 0 Å². The van der Waals surface area contributed by atoms with E-state index in [2.05, 4.69) is 33.0 Å². The second-order valence-corrected chi connectivity index (χ2v) is 16.0. The number of fused-ring (bicyclic) bond motifs is 5. The molecule has 4 saturated carbocycles. The Hall–Kier alpha value is -0.610. The van der Waals surface area contributed by atoms with Crippen molar-refractivity contribution in [2.45, 2.75) is 169 Å². The highest BCUT2D eigenvalue weighted by molar-refractivity contribution is 5.75. The molecule has 4 heteroatoms. The summed E-state index contributed by atoms with van der Waals surface area (Å²) in [4.78, 5) is 12.6. The van der Waals surface area contributed by atoms with Gasteiger partial charge in [-0.15, -0.1) is 0 Å². The molecule has 4 aliphatic carbocycles. The predicted molar refractivity (Wildman–Crippen MR) is 177 cm³/mol. The Morgan fingerprint density at radius 1 is 0.857 bits per heavy atom. The summed E-state index contributed by atoms with van der Waals surface area (Å²) in [7, 11) is 0. The van der Waals surface area contributed by atoms with Gasteiger partial charge in [0, 0.05) is 19.6 Å². The molecule has 0 heterocycles. The fourth-order valence-corrected chi connectivity index (χ4v) is 11.0. The standard InChI is InChI=1S/C38H70N2O2/c1-5-6-7-11-14-27-42-31-21-23-37(3)30(28-31)16-17-32-34-19-18-33(38(34,4)24-22-35(32)37)29(2)15-20-36(41)40-26-13-10-8-9-12-25-39/h29-35H,5-28,39H2,1-4H3,(H,40,41)/t29-,30-,31-,32+,33-,34+,35+,37+,38-/m1/s1. The maximum atomic E-state index is 12.6. The van der Waals surface area contributed by atoms with E-state index < -0.39 is 0 Å². The van der Waals surface area contributed by atoms with Crippen molar-refractivity contribution in [2.75, 3.05) is 19.7 Å². The van der Waals surface area contributed by atoms with Crippen molar-refractivity contribution in [2.24, 2.45) is 52.1 Å². The molecule has 0 saturated heterocycles. The minimum atomic E-state index is 0.273. The van der Waals surface area contributed by atoms with Gasteiger partial charge in [-0.2, -0.15) is 0 Å². The van der Waals surface area contributed by atoms with Crippen LogP contribution in [0.5, 0.6) is 0 Å². The molecule has 0 unspecified atom stereocenters. The van der Waals surface area contributed by atoms with E-state index in [1.54, 1.807) is 0 Å². The Labute approximate surface area is 260 Å². The summed E-state index contributed by atoms with van der Waals surface area (Å²) in [5.41, 5.74) is 6.61. The average Bonchev–Trinajstić information content (AvgIpc) is 3.34. The largest absolute Gasteiger partial charge is 0.378 e. The van der Waals surface area contributed by atoms with E-state index in [1.807, 2.05) is 0 Å². The van der Waals surface area contributed by atoms with Crippen molar-refractivity contribution in [3.05, 3.63) is 0 Å². The third-order valence-corrected chi connectivity index (χ3v) is 13.5. The molecular weight excluding hydrogens is 516 g/mol. The zero-order valence-electron chi connectivity index (χ0n) is 28.4. The molecule has 0 aliphatic heterocycles.